The van der Waals surface area contributed by atoms with Crippen LogP contribution in [0.25, 0.3) is 0 Å². The Morgan fingerprint density at radius 3 is 2.35 bits per heavy atom. The normalized spacial score (nSPS) is 18.5. The van der Waals surface area contributed by atoms with Gasteiger partial charge in [0.15, 0.2) is 5.13 Å². The molecule has 0 aliphatic carbocycles. The number of hydrogen-bond acceptors (Lipinski definition) is 4. The fourth-order valence-corrected chi connectivity index (χ4v) is 4.26. The number of nitrogens with two attached hydrogens (primary N) is 1. The van der Waals surface area contributed by atoms with Crippen LogP contribution in [0.1, 0.15) is 63.4 Å². The number of piperidine rings is 1. The molecule has 0 unspecified atom stereocenters. The van der Waals surface area contributed by atoms with Gasteiger partial charge in [-0.25, -0.2) is 4.98 Å². The van der Waals surface area contributed by atoms with E-state index in [1.54, 1.807) is 0 Å². The molecular formula is C16H29N3S. The van der Waals surface area contributed by atoms with Gasteiger partial charge in [-0.2, -0.15) is 0 Å². The Hall–Kier alpha value is -0.610. The summed E-state index contributed by atoms with van der Waals surface area (Å²) in [6.07, 6.45) is 7.44. The smallest absolute Gasteiger partial charge is 0.185 e. The lowest BCUT2D eigenvalue weighted by atomic mass is 9.74. The Morgan fingerprint density at radius 2 is 1.85 bits per heavy atom. The van der Waals surface area contributed by atoms with Crippen molar-refractivity contribution < 1.29 is 0 Å². The molecule has 0 saturated carbocycles. The monoisotopic (exact) mass is 295 g/mol. The van der Waals surface area contributed by atoms with Crippen LogP contribution in [0, 0.1) is 5.41 Å². The number of nitrogens with zero attached hydrogens (tertiary/aromatic N) is 2. The summed E-state index contributed by atoms with van der Waals surface area (Å²) in [6.45, 7) is 9.84. The summed E-state index contributed by atoms with van der Waals surface area (Å²) in [5.41, 5.74) is 7.68. The first kappa shape index (κ1) is 15.8. The molecule has 1 aromatic heterocycles. The van der Waals surface area contributed by atoms with Crippen molar-refractivity contribution in [2.45, 2.75) is 65.8 Å². The number of hydrogen-bond donors (Lipinski definition) is 1. The number of rotatable bonds is 6. The molecule has 1 aliphatic heterocycles. The molecule has 3 nitrogen and oxygen atoms in total. The number of aryl methyl sites for hydroxylation is 1. The molecule has 2 heterocycles. The van der Waals surface area contributed by atoms with Gasteiger partial charge in [0.25, 0.3) is 0 Å². The Bertz CT molecular complexity index is 413. The standard InChI is InChI=1S/C16H29N3S/c1-4-7-13-14(12-17)20-15(18-13)19-10-8-16(5-2,6-3)9-11-19/h4-12,17H2,1-3H3. The first-order valence-electron chi connectivity index (χ1n) is 8.11. The summed E-state index contributed by atoms with van der Waals surface area (Å²) in [4.78, 5) is 8.62. The summed E-state index contributed by atoms with van der Waals surface area (Å²) in [5, 5.41) is 1.20. The summed E-state index contributed by atoms with van der Waals surface area (Å²) in [6, 6.07) is 0. The maximum Gasteiger partial charge on any atom is 0.185 e. The lowest BCUT2D eigenvalue weighted by Gasteiger charge is -2.41. The molecule has 0 aromatic carbocycles. The zero-order chi connectivity index (χ0) is 14.6. The maximum absolute atomic E-state index is 5.86. The van der Waals surface area contributed by atoms with Gasteiger partial charge in [0, 0.05) is 24.5 Å². The first-order valence-corrected chi connectivity index (χ1v) is 8.93. The van der Waals surface area contributed by atoms with Crippen molar-refractivity contribution in [3.63, 3.8) is 0 Å². The summed E-state index contributed by atoms with van der Waals surface area (Å²) in [5.74, 6) is 0. The fourth-order valence-electron chi connectivity index (χ4n) is 3.23. The van der Waals surface area contributed by atoms with Crippen LogP contribution in [0.15, 0.2) is 0 Å². The Morgan fingerprint density at radius 1 is 1.20 bits per heavy atom. The molecule has 2 rings (SSSR count). The van der Waals surface area contributed by atoms with Gasteiger partial charge >= 0.3 is 0 Å². The van der Waals surface area contributed by atoms with Crippen molar-refractivity contribution in [3.05, 3.63) is 10.6 Å². The zero-order valence-electron chi connectivity index (χ0n) is 13.2. The molecule has 0 spiro atoms. The van der Waals surface area contributed by atoms with Crippen molar-refractivity contribution in [1.82, 2.24) is 4.98 Å². The van der Waals surface area contributed by atoms with Crippen molar-refractivity contribution in [2.75, 3.05) is 18.0 Å². The molecule has 0 bridgehead atoms. The lowest BCUT2D eigenvalue weighted by Crippen LogP contribution is -2.39. The minimum atomic E-state index is 0.580. The Balaban J connectivity index is 2.07. The third-order valence-electron chi connectivity index (χ3n) is 5.03. The molecule has 0 atom stereocenters. The molecular weight excluding hydrogens is 266 g/mol. The third-order valence-corrected chi connectivity index (χ3v) is 6.21. The third kappa shape index (κ3) is 3.17. The average molecular weight is 295 g/mol. The van der Waals surface area contributed by atoms with Gasteiger partial charge in [-0.15, -0.1) is 11.3 Å². The second kappa shape index (κ2) is 6.90. The minimum absolute atomic E-state index is 0.580. The summed E-state index contributed by atoms with van der Waals surface area (Å²) in [7, 11) is 0. The van der Waals surface area contributed by atoms with E-state index in [4.69, 9.17) is 10.7 Å². The van der Waals surface area contributed by atoms with E-state index in [9.17, 15) is 0 Å². The lowest BCUT2D eigenvalue weighted by molar-refractivity contribution is 0.199. The van der Waals surface area contributed by atoms with E-state index in [-0.39, 0.29) is 0 Å². The molecule has 0 amide bonds. The summed E-state index contributed by atoms with van der Waals surface area (Å²) < 4.78 is 0. The van der Waals surface area contributed by atoms with Crippen molar-refractivity contribution in [1.29, 1.82) is 0 Å². The van der Waals surface area contributed by atoms with E-state index in [0.717, 1.165) is 25.9 Å². The number of anilines is 1. The van der Waals surface area contributed by atoms with Crippen molar-refractivity contribution in [3.8, 4) is 0 Å². The van der Waals surface area contributed by atoms with Crippen LogP contribution in [0.3, 0.4) is 0 Å². The van der Waals surface area contributed by atoms with Crippen LogP contribution in [-0.4, -0.2) is 18.1 Å². The van der Waals surface area contributed by atoms with E-state index < -0.39 is 0 Å². The van der Waals surface area contributed by atoms with E-state index in [2.05, 4.69) is 25.7 Å². The van der Waals surface area contributed by atoms with Crippen LogP contribution in [-0.2, 0) is 13.0 Å². The average Bonchev–Trinajstić information content (AvgIpc) is 2.91. The first-order chi connectivity index (χ1) is 9.68. The molecule has 2 N–H and O–H groups in total. The summed E-state index contributed by atoms with van der Waals surface area (Å²) >= 11 is 1.81. The maximum atomic E-state index is 5.86. The fraction of sp³-hybridized carbons (Fsp3) is 0.812. The second-order valence-electron chi connectivity index (χ2n) is 6.01. The van der Waals surface area contributed by atoms with Crippen LogP contribution in [0.5, 0.6) is 0 Å². The molecule has 1 fully saturated rings. The van der Waals surface area contributed by atoms with E-state index in [1.807, 2.05) is 11.3 Å². The Kier molecular flexibility index (Phi) is 5.44. The number of thiazole rings is 1. The van der Waals surface area contributed by atoms with Gasteiger partial charge in [0.1, 0.15) is 0 Å². The quantitative estimate of drug-likeness (QED) is 0.863. The Labute approximate surface area is 127 Å². The van der Waals surface area contributed by atoms with E-state index >= 15 is 0 Å². The highest BCUT2D eigenvalue weighted by molar-refractivity contribution is 7.15. The van der Waals surface area contributed by atoms with Gasteiger partial charge < -0.3 is 10.6 Å². The molecule has 1 aromatic rings. The molecule has 0 radical (unpaired) electrons. The predicted octanol–water partition coefficient (Wildman–Crippen LogP) is 3.96. The van der Waals surface area contributed by atoms with Crippen molar-refractivity contribution >= 4 is 16.5 Å². The van der Waals surface area contributed by atoms with Crippen LogP contribution in [0.2, 0.25) is 0 Å². The predicted molar refractivity (Wildman–Crippen MR) is 88.5 cm³/mol. The number of aromatic nitrogens is 1. The van der Waals surface area contributed by atoms with Gasteiger partial charge in [-0.05, 0) is 24.7 Å². The van der Waals surface area contributed by atoms with E-state index in [0.29, 0.717) is 12.0 Å². The van der Waals surface area contributed by atoms with Gasteiger partial charge in [0.2, 0.25) is 0 Å². The molecule has 1 saturated heterocycles. The highest BCUT2D eigenvalue weighted by Gasteiger charge is 2.32. The second-order valence-corrected chi connectivity index (χ2v) is 7.08. The van der Waals surface area contributed by atoms with Gasteiger partial charge in [-0.1, -0.05) is 40.0 Å². The van der Waals surface area contributed by atoms with Gasteiger partial charge in [-0.3, -0.25) is 0 Å². The van der Waals surface area contributed by atoms with Crippen LogP contribution < -0.4 is 10.6 Å². The highest BCUT2D eigenvalue weighted by atomic mass is 32.1. The van der Waals surface area contributed by atoms with Crippen LogP contribution in [0.4, 0.5) is 5.13 Å². The molecule has 20 heavy (non-hydrogen) atoms. The van der Waals surface area contributed by atoms with Gasteiger partial charge in [0.05, 0.1) is 5.69 Å². The molecule has 4 heteroatoms. The molecule has 1 aliphatic rings. The van der Waals surface area contributed by atoms with Crippen molar-refractivity contribution in [2.24, 2.45) is 11.1 Å². The topological polar surface area (TPSA) is 42.2 Å². The zero-order valence-corrected chi connectivity index (χ0v) is 14.1. The SMILES string of the molecule is CCCc1nc(N2CCC(CC)(CC)CC2)sc1CN. The largest absolute Gasteiger partial charge is 0.348 e. The van der Waals surface area contributed by atoms with E-state index in [1.165, 1.54) is 41.4 Å². The highest BCUT2D eigenvalue weighted by Crippen LogP contribution is 2.40. The minimum Gasteiger partial charge on any atom is -0.348 e. The molecule has 114 valence electrons. The van der Waals surface area contributed by atoms with Crippen LogP contribution >= 0.6 is 11.3 Å².